The normalized spacial score (nSPS) is 11.2. The van der Waals surface area contributed by atoms with Crippen LogP contribution in [0.4, 0.5) is 11.4 Å². The van der Waals surface area contributed by atoms with E-state index in [1.807, 2.05) is 31.2 Å². The van der Waals surface area contributed by atoms with E-state index in [1.165, 1.54) is 25.1 Å². The summed E-state index contributed by atoms with van der Waals surface area (Å²) in [6.07, 6.45) is 4.75. The first-order chi connectivity index (χ1) is 16.0. The molecule has 0 aliphatic heterocycles. The van der Waals surface area contributed by atoms with Crippen LogP contribution in [0.2, 0.25) is 0 Å². The van der Waals surface area contributed by atoms with Gasteiger partial charge in [-0.25, -0.2) is 4.79 Å². The topological polar surface area (TPSA) is 93.7 Å². The number of unbranched alkanes of at least 4 members (excludes halogenated alkanes) is 1. The first-order valence-electron chi connectivity index (χ1n) is 11.0. The van der Waals surface area contributed by atoms with Crippen LogP contribution in [0.1, 0.15) is 63.4 Å². The van der Waals surface area contributed by atoms with Gasteiger partial charge in [0.05, 0.1) is 18.0 Å². The first-order valence-corrected chi connectivity index (χ1v) is 11.8. The summed E-state index contributed by atoms with van der Waals surface area (Å²) in [5, 5.41) is 5.43. The van der Waals surface area contributed by atoms with Crippen molar-refractivity contribution in [2.24, 2.45) is 0 Å². The SMILES string of the molecule is CCCCOc1cc(NC(C)=O)c(NC(=O)C=Cc2ccc(Br)cc2)cc1C(=O)OC(C)(C)C. The Hall–Kier alpha value is -3.13. The van der Waals surface area contributed by atoms with Gasteiger partial charge in [0.2, 0.25) is 11.8 Å². The minimum atomic E-state index is -0.717. The first kappa shape index (κ1) is 27.1. The van der Waals surface area contributed by atoms with Crippen LogP contribution in [0.15, 0.2) is 46.9 Å². The lowest BCUT2D eigenvalue weighted by Crippen LogP contribution is -2.24. The molecule has 0 unspecified atom stereocenters. The van der Waals surface area contributed by atoms with E-state index in [2.05, 4.69) is 26.6 Å². The molecule has 0 aliphatic rings. The number of anilines is 2. The smallest absolute Gasteiger partial charge is 0.342 e. The van der Waals surface area contributed by atoms with E-state index in [0.717, 1.165) is 22.9 Å². The lowest BCUT2D eigenvalue weighted by Gasteiger charge is -2.22. The number of halogens is 1. The zero-order chi connectivity index (χ0) is 25.3. The van der Waals surface area contributed by atoms with Crippen molar-refractivity contribution in [3.05, 3.63) is 58.1 Å². The molecule has 0 bridgehead atoms. The van der Waals surface area contributed by atoms with E-state index < -0.39 is 17.5 Å². The molecule has 0 aliphatic carbocycles. The van der Waals surface area contributed by atoms with E-state index >= 15 is 0 Å². The molecule has 34 heavy (non-hydrogen) atoms. The molecule has 0 aromatic heterocycles. The second-order valence-electron chi connectivity index (χ2n) is 8.65. The quantitative estimate of drug-likeness (QED) is 0.229. The Morgan fingerprint density at radius 2 is 1.68 bits per heavy atom. The van der Waals surface area contributed by atoms with E-state index in [4.69, 9.17) is 9.47 Å². The van der Waals surface area contributed by atoms with Gasteiger partial charge in [0.15, 0.2) is 0 Å². The van der Waals surface area contributed by atoms with Crippen molar-refractivity contribution in [3.63, 3.8) is 0 Å². The van der Waals surface area contributed by atoms with Crippen molar-refractivity contribution < 1.29 is 23.9 Å². The maximum absolute atomic E-state index is 12.9. The summed E-state index contributed by atoms with van der Waals surface area (Å²) < 4.78 is 12.3. The lowest BCUT2D eigenvalue weighted by atomic mass is 10.1. The van der Waals surface area contributed by atoms with Crippen molar-refractivity contribution in [2.75, 3.05) is 17.2 Å². The number of carbonyl (C=O) groups excluding carboxylic acids is 3. The summed E-state index contributed by atoms with van der Waals surface area (Å²) in [4.78, 5) is 37.3. The number of amides is 2. The summed E-state index contributed by atoms with van der Waals surface area (Å²) in [7, 11) is 0. The molecule has 7 nitrogen and oxygen atoms in total. The molecule has 2 amide bonds. The molecule has 0 saturated carbocycles. The number of esters is 1. The minimum absolute atomic E-state index is 0.160. The zero-order valence-electron chi connectivity index (χ0n) is 20.2. The van der Waals surface area contributed by atoms with Crippen molar-refractivity contribution >= 4 is 51.2 Å². The molecule has 2 aromatic carbocycles. The molecule has 0 heterocycles. The standard InChI is InChI=1S/C26H31BrN2O5/c1-6-7-14-33-23-16-22(28-17(2)30)21(15-20(23)25(32)34-26(3,4)5)29-24(31)13-10-18-8-11-19(27)12-9-18/h8-13,15-16H,6-7,14H2,1-5H3,(H,28,30)(H,29,31). The average molecular weight is 531 g/mol. The van der Waals surface area contributed by atoms with E-state index in [9.17, 15) is 14.4 Å². The minimum Gasteiger partial charge on any atom is -0.493 e. The number of benzene rings is 2. The third kappa shape index (κ3) is 9.02. The molecule has 0 atom stereocenters. The third-order valence-electron chi connectivity index (χ3n) is 4.36. The molecule has 2 rings (SSSR count). The number of ether oxygens (including phenoxy) is 2. The predicted molar refractivity (Wildman–Crippen MR) is 138 cm³/mol. The summed E-state index contributed by atoms with van der Waals surface area (Å²) in [6.45, 7) is 9.09. The fourth-order valence-corrected chi connectivity index (χ4v) is 3.10. The molecule has 0 fully saturated rings. The molecule has 8 heteroatoms. The van der Waals surface area contributed by atoms with Crippen LogP contribution < -0.4 is 15.4 Å². The molecular weight excluding hydrogens is 500 g/mol. The van der Waals surface area contributed by atoms with Gasteiger partial charge in [-0.15, -0.1) is 0 Å². The molecule has 182 valence electrons. The summed E-state index contributed by atoms with van der Waals surface area (Å²) >= 11 is 3.37. The van der Waals surface area contributed by atoms with Crippen molar-refractivity contribution in [3.8, 4) is 5.75 Å². The number of rotatable bonds is 9. The largest absolute Gasteiger partial charge is 0.493 e. The highest BCUT2D eigenvalue weighted by molar-refractivity contribution is 9.10. The number of carbonyl (C=O) groups is 3. The summed E-state index contributed by atoms with van der Waals surface area (Å²) in [5.41, 5.74) is 0.855. The van der Waals surface area contributed by atoms with Crippen LogP contribution in [0.25, 0.3) is 6.08 Å². The van der Waals surface area contributed by atoms with E-state index in [1.54, 1.807) is 26.8 Å². The van der Waals surface area contributed by atoms with Gasteiger partial charge >= 0.3 is 5.97 Å². The second-order valence-corrected chi connectivity index (χ2v) is 9.57. The van der Waals surface area contributed by atoms with Gasteiger partial charge in [-0.05, 0) is 57.0 Å². The Kier molecular flexibility index (Phi) is 9.86. The van der Waals surface area contributed by atoms with Gasteiger partial charge < -0.3 is 20.1 Å². The van der Waals surface area contributed by atoms with Gasteiger partial charge in [-0.2, -0.15) is 0 Å². The van der Waals surface area contributed by atoms with Crippen LogP contribution >= 0.6 is 15.9 Å². The van der Waals surface area contributed by atoms with Gasteiger partial charge in [0.25, 0.3) is 0 Å². The van der Waals surface area contributed by atoms with Crippen LogP contribution in [0, 0.1) is 0 Å². The Balaban J connectivity index is 2.40. The fourth-order valence-electron chi connectivity index (χ4n) is 2.83. The van der Waals surface area contributed by atoms with Gasteiger partial charge in [0, 0.05) is 23.5 Å². The van der Waals surface area contributed by atoms with Crippen molar-refractivity contribution in [2.45, 2.75) is 53.1 Å². The average Bonchev–Trinajstić information content (AvgIpc) is 2.73. The van der Waals surface area contributed by atoms with Gasteiger partial charge in [-0.1, -0.05) is 41.4 Å². The summed E-state index contributed by atoms with van der Waals surface area (Å²) in [5.74, 6) is -1.07. The molecule has 2 N–H and O–H groups in total. The lowest BCUT2D eigenvalue weighted by molar-refractivity contribution is -0.114. The Morgan fingerprint density at radius 3 is 2.26 bits per heavy atom. The molecular formula is C26H31BrN2O5. The van der Waals surface area contributed by atoms with E-state index in [-0.39, 0.29) is 22.9 Å². The fraction of sp³-hybridized carbons (Fsp3) is 0.346. The summed E-state index contributed by atoms with van der Waals surface area (Å²) in [6, 6.07) is 10.5. The zero-order valence-corrected chi connectivity index (χ0v) is 21.7. The highest BCUT2D eigenvalue weighted by Gasteiger charge is 2.24. The maximum atomic E-state index is 12.9. The molecule has 0 saturated heterocycles. The van der Waals surface area contributed by atoms with Crippen molar-refractivity contribution in [1.82, 2.24) is 0 Å². The number of hydrogen-bond donors (Lipinski definition) is 2. The Labute approximate surface area is 209 Å². The third-order valence-corrected chi connectivity index (χ3v) is 4.89. The van der Waals surface area contributed by atoms with Crippen LogP contribution in [-0.2, 0) is 14.3 Å². The van der Waals surface area contributed by atoms with Crippen molar-refractivity contribution in [1.29, 1.82) is 0 Å². The Morgan fingerprint density at radius 1 is 1.03 bits per heavy atom. The van der Waals surface area contributed by atoms with Crippen LogP contribution in [0.3, 0.4) is 0 Å². The molecule has 0 radical (unpaired) electrons. The number of hydrogen-bond acceptors (Lipinski definition) is 5. The van der Waals surface area contributed by atoms with Gasteiger partial charge in [0.1, 0.15) is 16.9 Å². The molecule has 0 spiro atoms. The van der Waals surface area contributed by atoms with Crippen LogP contribution in [0.5, 0.6) is 5.75 Å². The highest BCUT2D eigenvalue weighted by atomic mass is 79.9. The molecule has 2 aromatic rings. The maximum Gasteiger partial charge on any atom is 0.342 e. The monoisotopic (exact) mass is 530 g/mol. The van der Waals surface area contributed by atoms with Crippen LogP contribution in [-0.4, -0.2) is 30.0 Å². The highest BCUT2D eigenvalue weighted by Crippen LogP contribution is 2.33. The van der Waals surface area contributed by atoms with E-state index in [0.29, 0.717) is 12.3 Å². The Bertz CT molecular complexity index is 1060. The van der Waals surface area contributed by atoms with Gasteiger partial charge in [-0.3, -0.25) is 9.59 Å². The predicted octanol–water partition coefficient (Wildman–Crippen LogP) is 6.19. The number of nitrogens with one attached hydrogen (secondary N) is 2. The second kappa shape index (κ2) is 12.4.